The molecule has 0 spiro atoms. The van der Waals surface area contributed by atoms with Crippen LogP contribution in [0.15, 0.2) is 77.3 Å². The third-order valence-electron chi connectivity index (χ3n) is 7.42. The number of ether oxygens (including phenoxy) is 1. The molecule has 0 aromatic heterocycles. The van der Waals surface area contributed by atoms with Crippen molar-refractivity contribution < 1.29 is 24.0 Å². The average Bonchev–Trinajstić information content (AvgIpc) is 3.40. The molecule has 9 nitrogen and oxygen atoms in total. The van der Waals surface area contributed by atoms with Gasteiger partial charge in [-0.15, -0.1) is 0 Å². The number of carbonyl (C=O) groups is 3. The van der Waals surface area contributed by atoms with E-state index in [1.165, 1.54) is 31.4 Å². The monoisotopic (exact) mass is 573 g/mol. The van der Waals surface area contributed by atoms with Crippen LogP contribution in [0.4, 0.5) is 17.1 Å². The molecule has 38 heavy (non-hydrogen) atoms. The summed E-state index contributed by atoms with van der Waals surface area (Å²) in [5.74, 6) is -2.59. The molecule has 3 aromatic carbocycles. The van der Waals surface area contributed by atoms with Crippen LogP contribution in [0.25, 0.3) is 6.08 Å². The lowest BCUT2D eigenvalue weighted by molar-refractivity contribution is -0.384. The summed E-state index contributed by atoms with van der Waals surface area (Å²) in [4.78, 5) is 55.6. The lowest BCUT2D eigenvalue weighted by Crippen LogP contribution is -2.48. The van der Waals surface area contributed by atoms with Gasteiger partial charge in [0, 0.05) is 23.4 Å². The smallest absolute Gasteiger partial charge is 0.271 e. The summed E-state index contributed by atoms with van der Waals surface area (Å²) < 4.78 is 5.88. The van der Waals surface area contributed by atoms with Crippen molar-refractivity contribution in [2.75, 3.05) is 16.9 Å². The van der Waals surface area contributed by atoms with E-state index in [1.807, 2.05) is 41.3 Å². The van der Waals surface area contributed by atoms with Crippen LogP contribution >= 0.6 is 15.9 Å². The third kappa shape index (κ3) is 3.47. The van der Waals surface area contributed by atoms with Crippen LogP contribution in [0.3, 0.4) is 0 Å². The molecular formula is C28H20BrN3O6. The Hall–Kier alpha value is -4.31. The van der Waals surface area contributed by atoms with Crippen LogP contribution in [0.2, 0.25) is 0 Å². The van der Waals surface area contributed by atoms with Gasteiger partial charge in [0.15, 0.2) is 5.78 Å². The number of para-hydroxylation sites is 1. The fourth-order valence-electron chi connectivity index (χ4n) is 5.80. The number of hydrogen-bond donors (Lipinski definition) is 0. The number of ketones is 1. The first-order chi connectivity index (χ1) is 18.3. The summed E-state index contributed by atoms with van der Waals surface area (Å²) in [6.07, 6.45) is 3.76. The predicted octanol–water partition coefficient (Wildman–Crippen LogP) is 4.64. The Balaban J connectivity index is 1.48. The van der Waals surface area contributed by atoms with E-state index in [9.17, 15) is 24.5 Å². The van der Waals surface area contributed by atoms with Gasteiger partial charge in [0.1, 0.15) is 11.8 Å². The van der Waals surface area contributed by atoms with Crippen molar-refractivity contribution in [3.05, 3.63) is 98.5 Å². The first kappa shape index (κ1) is 24.1. The zero-order valence-corrected chi connectivity index (χ0v) is 21.6. The maximum absolute atomic E-state index is 14.1. The fourth-order valence-corrected chi connectivity index (χ4v) is 6.34. The van der Waals surface area contributed by atoms with Gasteiger partial charge in [-0.3, -0.25) is 24.5 Å². The van der Waals surface area contributed by atoms with Crippen molar-refractivity contribution in [1.82, 2.24) is 0 Å². The molecule has 3 aromatic rings. The highest BCUT2D eigenvalue weighted by atomic mass is 79.9. The molecule has 3 aliphatic heterocycles. The van der Waals surface area contributed by atoms with Gasteiger partial charge in [-0.2, -0.15) is 0 Å². The number of anilines is 2. The number of non-ortho nitro benzene ring substituents is 1. The molecule has 2 amide bonds. The maximum Gasteiger partial charge on any atom is 0.271 e. The summed E-state index contributed by atoms with van der Waals surface area (Å²) in [5, 5.41) is 11.3. The number of rotatable bonds is 5. The van der Waals surface area contributed by atoms with Crippen LogP contribution in [0, 0.1) is 22.0 Å². The largest absolute Gasteiger partial charge is 0.496 e. The molecular weight excluding hydrogens is 554 g/mol. The first-order valence-electron chi connectivity index (χ1n) is 11.9. The molecule has 0 bridgehead atoms. The average molecular weight is 574 g/mol. The lowest BCUT2D eigenvalue weighted by Gasteiger charge is -2.36. The van der Waals surface area contributed by atoms with Crippen molar-refractivity contribution >= 4 is 56.7 Å². The van der Waals surface area contributed by atoms with Gasteiger partial charge < -0.3 is 9.64 Å². The summed E-state index contributed by atoms with van der Waals surface area (Å²) in [6, 6.07) is 16.4. The van der Waals surface area contributed by atoms with Crippen LogP contribution in [0.1, 0.15) is 15.9 Å². The number of nitrogens with zero attached hydrogens (tertiary/aromatic N) is 3. The number of halogens is 1. The second kappa shape index (κ2) is 8.91. The van der Waals surface area contributed by atoms with Crippen LogP contribution < -0.4 is 14.5 Å². The predicted molar refractivity (Wildman–Crippen MR) is 143 cm³/mol. The minimum absolute atomic E-state index is 0.119. The zero-order valence-electron chi connectivity index (χ0n) is 20.0. The van der Waals surface area contributed by atoms with Crippen LogP contribution in [-0.2, 0) is 9.59 Å². The molecule has 2 fully saturated rings. The van der Waals surface area contributed by atoms with E-state index in [0.717, 1.165) is 16.2 Å². The van der Waals surface area contributed by atoms with Crippen LogP contribution in [-0.4, -0.2) is 41.7 Å². The Kier molecular flexibility index (Phi) is 5.64. The molecule has 6 rings (SSSR count). The molecule has 3 aliphatic rings. The van der Waals surface area contributed by atoms with Crippen molar-refractivity contribution in [2.24, 2.45) is 11.8 Å². The molecule has 0 saturated carbocycles. The number of nitro benzene ring substituents is 1. The summed E-state index contributed by atoms with van der Waals surface area (Å²) in [7, 11) is 1.52. The van der Waals surface area contributed by atoms with Crippen molar-refractivity contribution in [2.45, 2.75) is 12.1 Å². The van der Waals surface area contributed by atoms with E-state index in [-0.39, 0.29) is 17.2 Å². The van der Waals surface area contributed by atoms with Gasteiger partial charge >= 0.3 is 0 Å². The van der Waals surface area contributed by atoms with Crippen molar-refractivity contribution in [3.63, 3.8) is 0 Å². The van der Waals surface area contributed by atoms with E-state index >= 15 is 0 Å². The standard InChI is InChI=1S/C28H20BrN3O6/c1-38-22-12-10-16(13-19(22)29)26(33)25-24-23(21-11-9-15-5-2-3-8-20(15)31(21)25)27(34)30(28(24)35)17-6-4-7-18(14-17)32(36)37/h2-14,21,23-25H,1H3/t21-,23+,24+,25-/m0/s1. The number of amides is 2. The minimum atomic E-state index is -0.976. The zero-order chi connectivity index (χ0) is 26.7. The van der Waals surface area contributed by atoms with Gasteiger partial charge in [-0.25, -0.2) is 4.90 Å². The number of carbonyl (C=O) groups excluding carboxylic acids is 3. The quantitative estimate of drug-likeness (QED) is 0.189. The van der Waals surface area contributed by atoms with Crippen LogP contribution in [0.5, 0.6) is 5.75 Å². The van der Waals surface area contributed by atoms with E-state index in [0.29, 0.717) is 15.8 Å². The number of fused-ring (bicyclic) bond motifs is 5. The molecule has 0 radical (unpaired) electrons. The number of Topliss-reactive ketones (excluding diaryl/α,β-unsaturated/α-hetero) is 1. The molecule has 0 aliphatic carbocycles. The van der Waals surface area contributed by atoms with Crippen molar-refractivity contribution in [1.29, 1.82) is 0 Å². The lowest BCUT2D eigenvalue weighted by atomic mass is 9.86. The topological polar surface area (TPSA) is 110 Å². The second-order valence-electron chi connectivity index (χ2n) is 9.31. The minimum Gasteiger partial charge on any atom is -0.496 e. The number of imide groups is 1. The normalized spacial score (nSPS) is 23.2. The van der Waals surface area contributed by atoms with E-state index in [2.05, 4.69) is 15.9 Å². The number of benzene rings is 3. The molecule has 2 saturated heterocycles. The summed E-state index contributed by atoms with van der Waals surface area (Å²) >= 11 is 3.43. The highest BCUT2D eigenvalue weighted by Gasteiger charge is 2.64. The second-order valence-corrected chi connectivity index (χ2v) is 10.2. The molecule has 3 heterocycles. The van der Waals surface area contributed by atoms with Crippen molar-refractivity contribution in [3.8, 4) is 5.75 Å². The SMILES string of the molecule is COc1ccc(C(=O)[C@@H]2[C@@H]3C(=O)N(c4cccc([N+](=O)[O-])c4)C(=O)[C@@H]3[C@@H]3C=Cc4ccccc4N23)cc1Br. The maximum atomic E-state index is 14.1. The van der Waals surface area contributed by atoms with Gasteiger partial charge in [-0.1, -0.05) is 36.4 Å². The third-order valence-corrected chi connectivity index (χ3v) is 8.04. The van der Waals surface area contributed by atoms with E-state index < -0.39 is 40.7 Å². The Morgan fingerprint density at radius 1 is 1.00 bits per heavy atom. The molecule has 0 N–H and O–H groups in total. The first-order valence-corrected chi connectivity index (χ1v) is 12.7. The Bertz CT molecular complexity index is 1570. The fraction of sp³-hybridized carbons (Fsp3) is 0.179. The highest BCUT2D eigenvalue weighted by Crippen LogP contribution is 2.50. The molecule has 4 atom stereocenters. The Labute approximate surface area is 225 Å². The van der Waals surface area contributed by atoms with Gasteiger partial charge in [-0.05, 0) is 51.8 Å². The van der Waals surface area contributed by atoms with E-state index in [4.69, 9.17) is 4.74 Å². The Morgan fingerprint density at radius 3 is 2.50 bits per heavy atom. The van der Waals surface area contributed by atoms with Gasteiger partial charge in [0.05, 0.1) is 40.1 Å². The Morgan fingerprint density at radius 2 is 1.76 bits per heavy atom. The number of nitro groups is 1. The molecule has 190 valence electrons. The van der Waals surface area contributed by atoms with Gasteiger partial charge in [0.25, 0.3) is 5.69 Å². The highest BCUT2D eigenvalue weighted by molar-refractivity contribution is 9.10. The van der Waals surface area contributed by atoms with Gasteiger partial charge in [0.2, 0.25) is 11.8 Å². The summed E-state index contributed by atoms with van der Waals surface area (Å²) in [5.41, 5.74) is 1.90. The summed E-state index contributed by atoms with van der Waals surface area (Å²) in [6.45, 7) is 0. The molecule has 10 heteroatoms. The molecule has 0 unspecified atom stereocenters. The number of hydrogen-bond acceptors (Lipinski definition) is 7. The van der Waals surface area contributed by atoms with E-state index in [1.54, 1.807) is 18.2 Å². The number of methoxy groups -OCH3 is 1.